The summed E-state index contributed by atoms with van der Waals surface area (Å²) in [6, 6.07) is 4.16. The number of carbonyl (C=O) groups excluding carboxylic acids is 1. The van der Waals surface area contributed by atoms with Crippen molar-refractivity contribution in [2.45, 2.75) is 46.1 Å². The maximum absolute atomic E-state index is 12.3. The number of alkyl halides is 2. The Morgan fingerprint density at radius 3 is 2.57 bits per heavy atom. The summed E-state index contributed by atoms with van der Waals surface area (Å²) >= 11 is 0. The van der Waals surface area contributed by atoms with Crippen molar-refractivity contribution in [2.75, 3.05) is 13.7 Å². The maximum Gasteiger partial charge on any atom is 0.387 e. The maximum atomic E-state index is 12.3. The highest BCUT2D eigenvalue weighted by molar-refractivity contribution is 5.94. The largest absolute Gasteiger partial charge is 0.493 e. The summed E-state index contributed by atoms with van der Waals surface area (Å²) in [5, 5.41) is 2.89. The molecule has 1 amide bonds. The Hall–Kier alpha value is -1.85. The molecule has 1 aromatic carbocycles. The number of methoxy groups -OCH3 is 1. The molecule has 0 aliphatic rings. The first-order chi connectivity index (χ1) is 11.0. The van der Waals surface area contributed by atoms with Gasteiger partial charge in [0.2, 0.25) is 0 Å². The van der Waals surface area contributed by atoms with Crippen molar-refractivity contribution >= 4 is 5.91 Å². The Labute approximate surface area is 136 Å². The van der Waals surface area contributed by atoms with E-state index in [4.69, 9.17) is 4.74 Å². The van der Waals surface area contributed by atoms with Gasteiger partial charge in [0.05, 0.1) is 7.11 Å². The van der Waals surface area contributed by atoms with Crippen LogP contribution in [0.4, 0.5) is 8.78 Å². The molecule has 1 atom stereocenters. The molecule has 0 bridgehead atoms. The number of nitrogens with one attached hydrogen (secondary N) is 1. The average molecular weight is 329 g/mol. The molecule has 0 spiro atoms. The van der Waals surface area contributed by atoms with Gasteiger partial charge in [-0.2, -0.15) is 8.78 Å². The van der Waals surface area contributed by atoms with Crippen LogP contribution in [0.15, 0.2) is 18.2 Å². The van der Waals surface area contributed by atoms with Crippen molar-refractivity contribution in [2.24, 2.45) is 5.92 Å². The van der Waals surface area contributed by atoms with Gasteiger partial charge in [-0.3, -0.25) is 4.79 Å². The van der Waals surface area contributed by atoms with Crippen LogP contribution < -0.4 is 14.8 Å². The lowest BCUT2D eigenvalue weighted by atomic mass is 9.99. The van der Waals surface area contributed by atoms with Gasteiger partial charge in [-0.05, 0) is 30.5 Å². The minimum absolute atomic E-state index is 0.0894. The zero-order chi connectivity index (χ0) is 17.2. The van der Waals surface area contributed by atoms with Crippen molar-refractivity contribution in [3.63, 3.8) is 0 Å². The zero-order valence-electron chi connectivity index (χ0n) is 13.9. The normalized spacial score (nSPS) is 12.1. The molecule has 0 aliphatic heterocycles. The van der Waals surface area contributed by atoms with Gasteiger partial charge in [0.1, 0.15) is 0 Å². The van der Waals surface area contributed by atoms with Crippen LogP contribution >= 0.6 is 0 Å². The summed E-state index contributed by atoms with van der Waals surface area (Å²) in [4.78, 5) is 12.2. The van der Waals surface area contributed by atoms with Crippen LogP contribution in [-0.2, 0) is 0 Å². The molecule has 0 aromatic heterocycles. The van der Waals surface area contributed by atoms with Crippen molar-refractivity contribution in [3.05, 3.63) is 23.8 Å². The molecule has 6 heteroatoms. The molecule has 0 radical (unpaired) electrons. The van der Waals surface area contributed by atoms with Crippen LogP contribution in [0.1, 0.15) is 49.9 Å². The first kappa shape index (κ1) is 19.2. The third-order valence-electron chi connectivity index (χ3n) is 3.74. The number of hydrogen-bond acceptors (Lipinski definition) is 3. The van der Waals surface area contributed by atoms with Gasteiger partial charge in [-0.25, -0.2) is 0 Å². The summed E-state index contributed by atoms with van der Waals surface area (Å²) in [6.45, 7) is 1.91. The number of ether oxygens (including phenoxy) is 2. The highest BCUT2D eigenvalue weighted by Crippen LogP contribution is 2.29. The number of amides is 1. The Morgan fingerprint density at radius 1 is 1.26 bits per heavy atom. The van der Waals surface area contributed by atoms with E-state index in [1.807, 2.05) is 0 Å². The van der Waals surface area contributed by atoms with Gasteiger partial charge in [0.15, 0.2) is 11.5 Å². The Kier molecular flexibility index (Phi) is 8.37. The molecule has 23 heavy (non-hydrogen) atoms. The quantitative estimate of drug-likeness (QED) is 0.698. The summed E-state index contributed by atoms with van der Waals surface area (Å²) in [5.74, 6) is 0.216. The first-order valence-corrected chi connectivity index (χ1v) is 7.92. The van der Waals surface area contributed by atoms with E-state index in [9.17, 15) is 13.6 Å². The molecule has 1 rings (SSSR count). The van der Waals surface area contributed by atoms with E-state index in [1.165, 1.54) is 25.3 Å². The zero-order valence-corrected chi connectivity index (χ0v) is 13.9. The first-order valence-electron chi connectivity index (χ1n) is 7.92. The fourth-order valence-electron chi connectivity index (χ4n) is 2.28. The van der Waals surface area contributed by atoms with E-state index in [1.54, 1.807) is 0 Å². The van der Waals surface area contributed by atoms with E-state index in [2.05, 4.69) is 23.9 Å². The fourth-order valence-corrected chi connectivity index (χ4v) is 2.28. The van der Waals surface area contributed by atoms with E-state index in [-0.39, 0.29) is 17.4 Å². The molecule has 0 fully saturated rings. The summed E-state index contributed by atoms with van der Waals surface area (Å²) in [5.41, 5.74) is 0.355. The van der Waals surface area contributed by atoms with Crippen LogP contribution in [0.5, 0.6) is 11.5 Å². The second-order valence-electron chi connectivity index (χ2n) is 5.37. The second-order valence-corrected chi connectivity index (χ2v) is 5.37. The van der Waals surface area contributed by atoms with Gasteiger partial charge < -0.3 is 14.8 Å². The van der Waals surface area contributed by atoms with Crippen LogP contribution in [0.2, 0.25) is 0 Å². The summed E-state index contributed by atoms with van der Waals surface area (Å²) in [7, 11) is 1.34. The van der Waals surface area contributed by atoms with Crippen LogP contribution in [0, 0.1) is 5.92 Å². The smallest absolute Gasteiger partial charge is 0.387 e. The molecule has 0 heterocycles. The molecule has 0 aliphatic carbocycles. The molecule has 4 nitrogen and oxygen atoms in total. The summed E-state index contributed by atoms with van der Waals surface area (Å²) in [6.07, 6.45) is 4.36. The Morgan fingerprint density at radius 2 is 2.00 bits per heavy atom. The van der Waals surface area contributed by atoms with E-state index < -0.39 is 6.61 Å². The number of rotatable bonds is 10. The lowest BCUT2D eigenvalue weighted by Crippen LogP contribution is -2.29. The lowest BCUT2D eigenvalue weighted by Gasteiger charge is -2.16. The minimum Gasteiger partial charge on any atom is -0.493 e. The van der Waals surface area contributed by atoms with Gasteiger partial charge in [-0.15, -0.1) is 0 Å². The number of unbranched alkanes of at least 4 members (excludes halogenated alkanes) is 1. The molecular formula is C17H25F2NO3. The van der Waals surface area contributed by atoms with Crippen molar-refractivity contribution in [1.29, 1.82) is 0 Å². The van der Waals surface area contributed by atoms with Crippen molar-refractivity contribution < 1.29 is 23.0 Å². The number of halogens is 2. The topological polar surface area (TPSA) is 47.6 Å². The van der Waals surface area contributed by atoms with Gasteiger partial charge in [-0.1, -0.05) is 33.1 Å². The molecule has 1 unspecified atom stereocenters. The SMILES string of the molecule is CCCCC(CC)CNC(=O)c1ccc(OC(F)F)c(OC)c1. The minimum atomic E-state index is -2.94. The molecule has 0 saturated carbocycles. The summed E-state index contributed by atoms with van der Waals surface area (Å²) < 4.78 is 33.9. The molecule has 1 N–H and O–H groups in total. The average Bonchev–Trinajstić information content (AvgIpc) is 2.54. The number of hydrogen-bond donors (Lipinski definition) is 1. The molecule has 0 saturated heterocycles. The van der Waals surface area contributed by atoms with Gasteiger partial charge in [0, 0.05) is 12.1 Å². The molecule has 1 aromatic rings. The Balaban J connectivity index is 2.68. The third kappa shape index (κ3) is 6.42. The highest BCUT2D eigenvalue weighted by Gasteiger charge is 2.15. The third-order valence-corrected chi connectivity index (χ3v) is 3.74. The van der Waals surface area contributed by atoms with Crippen molar-refractivity contribution in [1.82, 2.24) is 5.32 Å². The second kappa shape index (κ2) is 10.0. The molecular weight excluding hydrogens is 304 g/mol. The lowest BCUT2D eigenvalue weighted by molar-refractivity contribution is -0.0512. The number of carbonyl (C=O) groups is 1. The van der Waals surface area contributed by atoms with Crippen LogP contribution in [-0.4, -0.2) is 26.2 Å². The van der Waals surface area contributed by atoms with Crippen LogP contribution in [0.25, 0.3) is 0 Å². The van der Waals surface area contributed by atoms with Gasteiger partial charge >= 0.3 is 6.61 Å². The molecule has 130 valence electrons. The van der Waals surface area contributed by atoms with E-state index >= 15 is 0 Å². The standard InChI is InChI=1S/C17H25F2NO3/c1-4-6-7-12(5-2)11-20-16(21)13-8-9-14(23-17(18)19)15(10-13)22-3/h8-10,12,17H,4-7,11H2,1-3H3,(H,20,21). The fraction of sp³-hybridized carbons (Fsp3) is 0.588. The van der Waals surface area contributed by atoms with E-state index in [0.29, 0.717) is 18.0 Å². The van der Waals surface area contributed by atoms with Gasteiger partial charge in [0.25, 0.3) is 5.91 Å². The van der Waals surface area contributed by atoms with Crippen molar-refractivity contribution in [3.8, 4) is 11.5 Å². The van der Waals surface area contributed by atoms with E-state index in [0.717, 1.165) is 25.7 Å². The predicted molar refractivity (Wildman–Crippen MR) is 85.3 cm³/mol. The highest BCUT2D eigenvalue weighted by atomic mass is 19.3. The Bertz CT molecular complexity index is 495. The number of benzene rings is 1. The monoisotopic (exact) mass is 329 g/mol. The predicted octanol–water partition coefficient (Wildman–Crippen LogP) is 4.24. The van der Waals surface area contributed by atoms with Crippen LogP contribution in [0.3, 0.4) is 0 Å².